The van der Waals surface area contributed by atoms with Crippen molar-refractivity contribution >= 4 is 5.91 Å². The summed E-state index contributed by atoms with van der Waals surface area (Å²) >= 11 is 0. The Bertz CT molecular complexity index is 426. The molecule has 4 nitrogen and oxygen atoms in total. The van der Waals surface area contributed by atoms with Crippen LogP contribution in [0.5, 0.6) is 5.75 Å². The van der Waals surface area contributed by atoms with Crippen molar-refractivity contribution in [3.8, 4) is 5.75 Å². The molecule has 0 bridgehead atoms. The van der Waals surface area contributed by atoms with E-state index >= 15 is 0 Å². The fourth-order valence-electron chi connectivity index (χ4n) is 1.92. The van der Waals surface area contributed by atoms with Crippen LogP contribution in [0.2, 0.25) is 0 Å². The molecule has 4 heteroatoms. The molecular weight excluding hydrogens is 228 g/mol. The maximum atomic E-state index is 12.2. The molecule has 0 atom stereocenters. The van der Waals surface area contributed by atoms with Crippen molar-refractivity contribution in [1.82, 2.24) is 10.2 Å². The van der Waals surface area contributed by atoms with Gasteiger partial charge in [-0.05, 0) is 18.2 Å². The summed E-state index contributed by atoms with van der Waals surface area (Å²) in [5.74, 6) is 0.774. The molecule has 18 heavy (non-hydrogen) atoms. The summed E-state index contributed by atoms with van der Waals surface area (Å²) in [7, 11) is 0. The number of nitrogens with zero attached hydrogens (tertiary/aromatic N) is 1. The van der Waals surface area contributed by atoms with Crippen LogP contribution >= 0.6 is 0 Å². The Labute approximate surface area is 107 Å². The molecule has 0 unspecified atom stereocenters. The SMILES string of the molecule is C=CCOc1cccc(C(=O)N2CCNCC2)c1. The maximum absolute atomic E-state index is 12.2. The Morgan fingerprint density at radius 3 is 2.94 bits per heavy atom. The average molecular weight is 246 g/mol. The van der Waals surface area contributed by atoms with E-state index in [4.69, 9.17) is 4.74 Å². The van der Waals surface area contributed by atoms with Crippen LogP contribution in [0.4, 0.5) is 0 Å². The fourth-order valence-corrected chi connectivity index (χ4v) is 1.92. The number of rotatable bonds is 4. The van der Waals surface area contributed by atoms with Crippen molar-refractivity contribution in [1.29, 1.82) is 0 Å². The molecule has 1 saturated heterocycles. The van der Waals surface area contributed by atoms with Gasteiger partial charge in [-0.3, -0.25) is 4.79 Å². The van der Waals surface area contributed by atoms with E-state index in [-0.39, 0.29) is 5.91 Å². The summed E-state index contributed by atoms with van der Waals surface area (Å²) in [5, 5.41) is 3.23. The Morgan fingerprint density at radius 1 is 1.44 bits per heavy atom. The van der Waals surface area contributed by atoms with Crippen molar-refractivity contribution in [2.45, 2.75) is 0 Å². The quantitative estimate of drug-likeness (QED) is 0.814. The topological polar surface area (TPSA) is 41.6 Å². The highest BCUT2D eigenvalue weighted by Crippen LogP contribution is 2.15. The predicted molar refractivity (Wildman–Crippen MR) is 70.9 cm³/mol. The molecule has 1 aliphatic rings. The molecule has 0 radical (unpaired) electrons. The second kappa shape index (κ2) is 6.21. The van der Waals surface area contributed by atoms with Gasteiger partial charge in [0.25, 0.3) is 5.91 Å². The third kappa shape index (κ3) is 3.11. The number of nitrogens with one attached hydrogen (secondary N) is 1. The highest BCUT2D eigenvalue weighted by Gasteiger charge is 2.17. The Kier molecular flexibility index (Phi) is 4.36. The van der Waals surface area contributed by atoms with Crippen molar-refractivity contribution in [3.63, 3.8) is 0 Å². The van der Waals surface area contributed by atoms with Crippen LogP contribution in [0.15, 0.2) is 36.9 Å². The lowest BCUT2D eigenvalue weighted by atomic mass is 10.1. The van der Waals surface area contributed by atoms with Crippen molar-refractivity contribution in [2.24, 2.45) is 0 Å². The molecule has 2 rings (SSSR count). The van der Waals surface area contributed by atoms with Gasteiger partial charge < -0.3 is 15.0 Å². The zero-order chi connectivity index (χ0) is 12.8. The predicted octanol–water partition coefficient (Wildman–Crippen LogP) is 1.30. The lowest BCUT2D eigenvalue weighted by molar-refractivity contribution is 0.0735. The van der Waals surface area contributed by atoms with E-state index in [0.717, 1.165) is 26.2 Å². The van der Waals surface area contributed by atoms with E-state index in [0.29, 0.717) is 17.9 Å². The molecule has 0 aromatic heterocycles. The van der Waals surface area contributed by atoms with Crippen LogP contribution in [-0.2, 0) is 0 Å². The zero-order valence-corrected chi connectivity index (χ0v) is 10.4. The van der Waals surface area contributed by atoms with Crippen molar-refractivity contribution < 1.29 is 9.53 Å². The van der Waals surface area contributed by atoms with Crippen molar-refractivity contribution in [2.75, 3.05) is 32.8 Å². The van der Waals surface area contributed by atoms with Gasteiger partial charge in [-0.2, -0.15) is 0 Å². The zero-order valence-electron chi connectivity index (χ0n) is 10.4. The molecular formula is C14H18N2O2. The average Bonchev–Trinajstić information content (AvgIpc) is 2.45. The second-order valence-corrected chi connectivity index (χ2v) is 4.17. The molecule has 1 aromatic carbocycles. The first-order valence-electron chi connectivity index (χ1n) is 6.15. The van der Waals surface area contributed by atoms with Crippen LogP contribution in [0.25, 0.3) is 0 Å². The minimum Gasteiger partial charge on any atom is -0.490 e. The van der Waals surface area contributed by atoms with Gasteiger partial charge in [-0.1, -0.05) is 18.7 Å². The molecule has 1 heterocycles. The van der Waals surface area contributed by atoms with E-state index < -0.39 is 0 Å². The van der Waals surface area contributed by atoms with E-state index in [1.165, 1.54) is 0 Å². The van der Waals surface area contributed by atoms with Gasteiger partial charge in [0.05, 0.1) is 0 Å². The highest BCUT2D eigenvalue weighted by molar-refractivity contribution is 5.94. The Hall–Kier alpha value is -1.81. The van der Waals surface area contributed by atoms with E-state index in [9.17, 15) is 4.79 Å². The summed E-state index contributed by atoms with van der Waals surface area (Å²) in [6, 6.07) is 7.30. The summed E-state index contributed by atoms with van der Waals surface area (Å²) in [4.78, 5) is 14.1. The summed E-state index contributed by atoms with van der Waals surface area (Å²) in [5.41, 5.74) is 0.679. The van der Waals surface area contributed by atoms with Gasteiger partial charge in [0.15, 0.2) is 0 Å². The Balaban J connectivity index is 2.06. The third-order valence-corrected chi connectivity index (χ3v) is 2.85. The number of hydrogen-bond donors (Lipinski definition) is 1. The largest absolute Gasteiger partial charge is 0.490 e. The molecule has 1 fully saturated rings. The molecule has 0 saturated carbocycles. The first-order valence-corrected chi connectivity index (χ1v) is 6.15. The van der Waals surface area contributed by atoms with Gasteiger partial charge in [-0.15, -0.1) is 0 Å². The summed E-state index contributed by atoms with van der Waals surface area (Å²) < 4.78 is 5.43. The standard InChI is InChI=1S/C14H18N2O2/c1-2-10-18-13-5-3-4-12(11-13)14(17)16-8-6-15-7-9-16/h2-5,11,15H,1,6-10H2. The molecule has 1 aromatic rings. The monoisotopic (exact) mass is 246 g/mol. The molecule has 0 aliphatic carbocycles. The van der Waals surface area contributed by atoms with E-state index in [2.05, 4.69) is 11.9 Å². The van der Waals surface area contributed by atoms with Crippen LogP contribution in [0.3, 0.4) is 0 Å². The number of carbonyl (C=O) groups is 1. The molecule has 1 aliphatic heterocycles. The number of piperazine rings is 1. The van der Waals surface area contributed by atoms with Crippen LogP contribution in [0, 0.1) is 0 Å². The summed E-state index contributed by atoms with van der Waals surface area (Å²) in [6.07, 6.45) is 1.69. The van der Waals surface area contributed by atoms with Gasteiger partial charge >= 0.3 is 0 Å². The van der Waals surface area contributed by atoms with Crippen LogP contribution < -0.4 is 10.1 Å². The molecule has 1 amide bonds. The van der Waals surface area contributed by atoms with Gasteiger partial charge in [-0.25, -0.2) is 0 Å². The smallest absolute Gasteiger partial charge is 0.254 e. The van der Waals surface area contributed by atoms with E-state index in [1.54, 1.807) is 12.1 Å². The minimum atomic E-state index is 0.0700. The second-order valence-electron chi connectivity index (χ2n) is 4.17. The number of ether oxygens (including phenoxy) is 1. The van der Waals surface area contributed by atoms with Gasteiger partial charge in [0.1, 0.15) is 12.4 Å². The lowest BCUT2D eigenvalue weighted by Gasteiger charge is -2.27. The third-order valence-electron chi connectivity index (χ3n) is 2.85. The molecule has 1 N–H and O–H groups in total. The first kappa shape index (κ1) is 12.6. The van der Waals surface area contributed by atoms with Gasteiger partial charge in [0, 0.05) is 31.7 Å². The lowest BCUT2D eigenvalue weighted by Crippen LogP contribution is -2.46. The number of carbonyl (C=O) groups excluding carboxylic acids is 1. The normalized spacial score (nSPS) is 15.2. The molecule has 0 spiro atoms. The highest BCUT2D eigenvalue weighted by atomic mass is 16.5. The maximum Gasteiger partial charge on any atom is 0.254 e. The summed E-state index contributed by atoms with van der Waals surface area (Å²) in [6.45, 7) is 7.29. The number of hydrogen-bond acceptors (Lipinski definition) is 3. The number of benzene rings is 1. The fraction of sp³-hybridized carbons (Fsp3) is 0.357. The minimum absolute atomic E-state index is 0.0700. The molecule has 96 valence electrons. The van der Waals surface area contributed by atoms with Crippen LogP contribution in [-0.4, -0.2) is 43.6 Å². The van der Waals surface area contributed by atoms with Crippen LogP contribution in [0.1, 0.15) is 10.4 Å². The first-order chi connectivity index (χ1) is 8.81. The van der Waals surface area contributed by atoms with Gasteiger partial charge in [0.2, 0.25) is 0 Å². The van der Waals surface area contributed by atoms with E-state index in [1.807, 2.05) is 23.1 Å². The van der Waals surface area contributed by atoms with Crippen molar-refractivity contribution in [3.05, 3.63) is 42.5 Å². The number of amides is 1. The Morgan fingerprint density at radius 2 is 2.22 bits per heavy atom.